The predicted molar refractivity (Wildman–Crippen MR) is 96.9 cm³/mol. The topological polar surface area (TPSA) is 99.7 Å². The molecule has 0 saturated heterocycles. The number of phenols is 2. The quantitative estimate of drug-likeness (QED) is 0.370. The van der Waals surface area contributed by atoms with Crippen molar-refractivity contribution in [1.29, 1.82) is 0 Å². The average Bonchev–Trinajstić information content (AvgIpc) is 2.91. The fourth-order valence-electron chi connectivity index (χ4n) is 2.23. The van der Waals surface area contributed by atoms with Crippen LogP contribution in [0.5, 0.6) is 11.5 Å². The number of hydrogen-bond donors (Lipinski definition) is 3. The van der Waals surface area contributed by atoms with Gasteiger partial charge in [-0.1, -0.05) is 23.9 Å². The first-order valence-electron chi connectivity index (χ1n) is 7.43. The van der Waals surface area contributed by atoms with Crippen LogP contribution in [-0.2, 0) is 11.8 Å². The molecule has 25 heavy (non-hydrogen) atoms. The molecule has 1 aromatic heterocycles. The van der Waals surface area contributed by atoms with Gasteiger partial charge in [0.15, 0.2) is 5.16 Å². The number of nitrogens with one attached hydrogen (secondary N) is 1. The zero-order valence-corrected chi connectivity index (χ0v) is 14.2. The molecule has 7 nitrogen and oxygen atoms in total. The summed E-state index contributed by atoms with van der Waals surface area (Å²) >= 11 is 1.32. The summed E-state index contributed by atoms with van der Waals surface area (Å²) in [6.45, 7) is 0. The van der Waals surface area contributed by atoms with Gasteiger partial charge in [0.2, 0.25) is 0 Å². The van der Waals surface area contributed by atoms with E-state index in [0.29, 0.717) is 5.56 Å². The Kier molecular flexibility index (Phi) is 4.90. The number of aromatic nitrogens is 2. The number of carbonyl (C=O) groups excluding carboxylic acids is 1. The number of aryl methyl sites for hydroxylation is 1. The van der Waals surface area contributed by atoms with Gasteiger partial charge in [0.1, 0.15) is 11.5 Å². The van der Waals surface area contributed by atoms with Crippen LogP contribution in [0.25, 0.3) is 11.0 Å². The number of aromatic hydroxyl groups is 2. The average molecular weight is 356 g/mol. The number of hydrogen-bond acceptors (Lipinski definition) is 6. The Morgan fingerprint density at radius 1 is 1.32 bits per heavy atom. The van der Waals surface area contributed by atoms with Gasteiger partial charge in [-0.05, 0) is 24.3 Å². The van der Waals surface area contributed by atoms with Gasteiger partial charge in [-0.15, -0.1) is 0 Å². The van der Waals surface area contributed by atoms with E-state index in [2.05, 4.69) is 15.5 Å². The Morgan fingerprint density at radius 2 is 2.12 bits per heavy atom. The van der Waals surface area contributed by atoms with E-state index in [1.165, 1.54) is 36.2 Å². The number of amides is 1. The zero-order chi connectivity index (χ0) is 17.8. The Bertz CT molecular complexity index is 952. The van der Waals surface area contributed by atoms with E-state index >= 15 is 0 Å². The van der Waals surface area contributed by atoms with Crippen molar-refractivity contribution < 1.29 is 15.0 Å². The normalized spacial score (nSPS) is 11.2. The van der Waals surface area contributed by atoms with Crippen molar-refractivity contribution in [1.82, 2.24) is 15.0 Å². The molecule has 8 heteroatoms. The molecule has 0 radical (unpaired) electrons. The molecule has 0 spiro atoms. The van der Waals surface area contributed by atoms with E-state index in [1.807, 2.05) is 35.9 Å². The molecule has 3 rings (SSSR count). The number of phenolic OH excluding ortho intramolecular Hbond substituents is 2. The number of imidazole rings is 1. The van der Waals surface area contributed by atoms with Gasteiger partial charge < -0.3 is 14.8 Å². The van der Waals surface area contributed by atoms with E-state index in [4.69, 9.17) is 0 Å². The fraction of sp³-hybridized carbons (Fsp3) is 0.118. The summed E-state index contributed by atoms with van der Waals surface area (Å²) < 4.78 is 1.94. The second-order valence-electron chi connectivity index (χ2n) is 5.27. The monoisotopic (exact) mass is 356 g/mol. The molecule has 0 aliphatic carbocycles. The number of hydrazone groups is 1. The van der Waals surface area contributed by atoms with Crippen LogP contribution in [0.3, 0.4) is 0 Å². The van der Waals surface area contributed by atoms with Crippen LogP contribution in [0.2, 0.25) is 0 Å². The van der Waals surface area contributed by atoms with Crippen molar-refractivity contribution in [3.8, 4) is 11.5 Å². The third-order valence-electron chi connectivity index (χ3n) is 3.49. The van der Waals surface area contributed by atoms with Crippen molar-refractivity contribution in [3.05, 3.63) is 48.0 Å². The molecule has 0 unspecified atom stereocenters. The van der Waals surface area contributed by atoms with Gasteiger partial charge in [-0.3, -0.25) is 4.79 Å². The highest BCUT2D eigenvalue weighted by atomic mass is 32.2. The molecular weight excluding hydrogens is 340 g/mol. The SMILES string of the molecule is Cn1c(SCC(=O)NN=Cc2ccc(O)cc2O)nc2ccccc21. The number of para-hydroxylation sites is 2. The van der Waals surface area contributed by atoms with Crippen LogP contribution < -0.4 is 5.43 Å². The first kappa shape index (κ1) is 16.8. The third-order valence-corrected chi connectivity index (χ3v) is 4.52. The molecule has 0 saturated carbocycles. The highest BCUT2D eigenvalue weighted by Gasteiger charge is 2.09. The van der Waals surface area contributed by atoms with Crippen LogP contribution in [0, 0.1) is 0 Å². The van der Waals surface area contributed by atoms with Crippen LogP contribution >= 0.6 is 11.8 Å². The number of nitrogens with zero attached hydrogens (tertiary/aromatic N) is 3. The van der Waals surface area contributed by atoms with Crippen molar-refractivity contribution >= 4 is 34.9 Å². The standard InChI is InChI=1S/C17H16N4O3S/c1-21-14-5-3-2-4-13(14)19-17(21)25-10-16(24)20-18-9-11-6-7-12(22)8-15(11)23/h2-9,22-23H,10H2,1H3,(H,20,24). The van der Waals surface area contributed by atoms with Crippen molar-refractivity contribution in [2.45, 2.75) is 5.16 Å². The molecule has 0 atom stereocenters. The zero-order valence-electron chi connectivity index (χ0n) is 13.4. The summed E-state index contributed by atoms with van der Waals surface area (Å²) in [5.41, 5.74) is 4.67. The Hall–Kier alpha value is -3.00. The molecule has 0 bridgehead atoms. The highest BCUT2D eigenvalue weighted by Crippen LogP contribution is 2.22. The van der Waals surface area contributed by atoms with Crippen molar-refractivity contribution in [3.63, 3.8) is 0 Å². The predicted octanol–water partition coefficient (Wildman–Crippen LogP) is 2.23. The van der Waals surface area contributed by atoms with E-state index in [9.17, 15) is 15.0 Å². The lowest BCUT2D eigenvalue weighted by Gasteiger charge is -2.02. The van der Waals surface area contributed by atoms with Gasteiger partial charge in [0.25, 0.3) is 5.91 Å². The van der Waals surface area contributed by atoms with E-state index in [1.54, 1.807) is 0 Å². The minimum Gasteiger partial charge on any atom is -0.508 e. The first-order valence-corrected chi connectivity index (χ1v) is 8.41. The summed E-state index contributed by atoms with van der Waals surface area (Å²) in [6, 6.07) is 11.9. The van der Waals surface area contributed by atoms with Crippen molar-refractivity contribution in [2.24, 2.45) is 12.1 Å². The van der Waals surface area contributed by atoms with Crippen LogP contribution in [-0.4, -0.2) is 37.6 Å². The molecule has 3 N–H and O–H groups in total. The molecule has 0 fully saturated rings. The lowest BCUT2D eigenvalue weighted by Crippen LogP contribution is -2.19. The first-order chi connectivity index (χ1) is 12.0. The Balaban J connectivity index is 1.57. The lowest BCUT2D eigenvalue weighted by atomic mass is 10.2. The highest BCUT2D eigenvalue weighted by molar-refractivity contribution is 7.99. The molecule has 0 aliphatic rings. The number of benzene rings is 2. The molecule has 1 heterocycles. The van der Waals surface area contributed by atoms with Crippen LogP contribution in [0.1, 0.15) is 5.56 Å². The van der Waals surface area contributed by atoms with Gasteiger partial charge in [0, 0.05) is 18.7 Å². The van der Waals surface area contributed by atoms with Crippen LogP contribution in [0.15, 0.2) is 52.7 Å². The van der Waals surface area contributed by atoms with Crippen LogP contribution in [0.4, 0.5) is 0 Å². The second-order valence-corrected chi connectivity index (χ2v) is 6.21. The largest absolute Gasteiger partial charge is 0.508 e. The van der Waals surface area contributed by atoms with Gasteiger partial charge in [-0.2, -0.15) is 5.10 Å². The number of carbonyl (C=O) groups is 1. The number of thioether (sulfide) groups is 1. The molecular formula is C17H16N4O3S. The van der Waals surface area contributed by atoms with E-state index in [0.717, 1.165) is 16.2 Å². The Morgan fingerprint density at radius 3 is 2.88 bits per heavy atom. The number of fused-ring (bicyclic) bond motifs is 1. The third kappa shape index (κ3) is 3.92. The summed E-state index contributed by atoms with van der Waals surface area (Å²) in [7, 11) is 1.90. The van der Waals surface area contributed by atoms with Crippen molar-refractivity contribution in [2.75, 3.05) is 5.75 Å². The maximum Gasteiger partial charge on any atom is 0.250 e. The smallest absolute Gasteiger partial charge is 0.250 e. The fourth-order valence-corrected chi connectivity index (χ4v) is 3.01. The van der Waals surface area contributed by atoms with Gasteiger partial charge in [-0.25, -0.2) is 10.4 Å². The number of rotatable bonds is 5. The maximum atomic E-state index is 11.9. The molecule has 128 valence electrons. The molecule has 1 amide bonds. The minimum absolute atomic E-state index is 0.0439. The van der Waals surface area contributed by atoms with E-state index < -0.39 is 0 Å². The maximum absolute atomic E-state index is 11.9. The van der Waals surface area contributed by atoms with Gasteiger partial charge >= 0.3 is 0 Å². The summed E-state index contributed by atoms with van der Waals surface area (Å²) in [5, 5.41) is 23.4. The van der Waals surface area contributed by atoms with Gasteiger partial charge in [0.05, 0.1) is 23.0 Å². The lowest BCUT2D eigenvalue weighted by molar-refractivity contribution is -0.118. The Labute approximate surface area is 148 Å². The molecule has 0 aliphatic heterocycles. The summed E-state index contributed by atoms with van der Waals surface area (Å²) in [6.07, 6.45) is 1.31. The summed E-state index contributed by atoms with van der Waals surface area (Å²) in [5.74, 6) is -0.285. The van der Waals surface area contributed by atoms with E-state index in [-0.39, 0.29) is 23.2 Å². The summed E-state index contributed by atoms with van der Waals surface area (Å²) in [4.78, 5) is 16.4. The minimum atomic E-state index is -0.286. The second kappa shape index (κ2) is 7.27. The molecule has 2 aromatic carbocycles. The molecule has 3 aromatic rings.